The molecule has 0 radical (unpaired) electrons. The van der Waals surface area contributed by atoms with Gasteiger partial charge in [0.1, 0.15) is 19.3 Å². The van der Waals surface area contributed by atoms with E-state index in [4.69, 9.17) is 37.0 Å². The molecule has 0 saturated carbocycles. The van der Waals surface area contributed by atoms with Crippen LogP contribution in [0.3, 0.4) is 0 Å². The number of hydrogen-bond donors (Lipinski definition) is 3. The fraction of sp³-hybridized carbons (Fsp3) is 0.948. The number of hydrogen-bond acceptors (Lipinski definition) is 15. The van der Waals surface area contributed by atoms with Gasteiger partial charge in [-0.3, -0.25) is 37.3 Å². The van der Waals surface area contributed by atoms with Crippen molar-refractivity contribution in [2.75, 3.05) is 39.6 Å². The Labute approximate surface area is 588 Å². The van der Waals surface area contributed by atoms with Crippen molar-refractivity contribution in [1.29, 1.82) is 0 Å². The van der Waals surface area contributed by atoms with Gasteiger partial charge < -0.3 is 33.8 Å². The van der Waals surface area contributed by atoms with Crippen LogP contribution in [0, 0.1) is 23.7 Å². The average Bonchev–Trinajstić information content (AvgIpc) is 1.96. The molecule has 0 saturated heterocycles. The van der Waals surface area contributed by atoms with E-state index >= 15 is 0 Å². The molecule has 17 nitrogen and oxygen atoms in total. The van der Waals surface area contributed by atoms with Crippen molar-refractivity contribution in [3.8, 4) is 0 Å². The minimum Gasteiger partial charge on any atom is -0.462 e. The lowest BCUT2D eigenvalue weighted by molar-refractivity contribution is -0.161. The Balaban J connectivity index is 5.18. The number of unbranched alkanes of at least 4 members (excludes halogenated alkanes) is 38. The number of ether oxygens (including phenoxy) is 4. The number of aliphatic hydroxyl groups excluding tert-OH is 1. The minimum atomic E-state index is -4.96. The number of phosphoric acid groups is 2. The van der Waals surface area contributed by atoms with Crippen LogP contribution in [-0.4, -0.2) is 96.7 Å². The zero-order valence-corrected chi connectivity index (χ0v) is 64.8. The number of phosphoric ester groups is 2. The van der Waals surface area contributed by atoms with E-state index in [2.05, 4.69) is 55.4 Å². The molecule has 0 aromatic heterocycles. The second-order valence-electron chi connectivity index (χ2n) is 29.2. The molecule has 0 aliphatic heterocycles. The van der Waals surface area contributed by atoms with E-state index < -0.39 is 97.5 Å². The zero-order valence-electron chi connectivity index (χ0n) is 63.0. The highest BCUT2D eigenvalue weighted by Gasteiger charge is 2.30. The van der Waals surface area contributed by atoms with Gasteiger partial charge in [0, 0.05) is 25.7 Å². The van der Waals surface area contributed by atoms with Gasteiger partial charge >= 0.3 is 39.5 Å². The molecule has 570 valence electrons. The van der Waals surface area contributed by atoms with Gasteiger partial charge in [0.15, 0.2) is 12.2 Å². The van der Waals surface area contributed by atoms with Gasteiger partial charge in [-0.2, -0.15) is 0 Å². The summed E-state index contributed by atoms with van der Waals surface area (Å²) in [6.45, 7) is 14.2. The average molecular weight is 1410 g/mol. The summed E-state index contributed by atoms with van der Waals surface area (Å²) in [5.74, 6) is 0.954. The highest BCUT2D eigenvalue weighted by atomic mass is 31.2. The van der Waals surface area contributed by atoms with Crippen LogP contribution in [0.25, 0.3) is 0 Å². The van der Waals surface area contributed by atoms with Crippen LogP contribution in [0.15, 0.2) is 0 Å². The fourth-order valence-electron chi connectivity index (χ4n) is 11.7. The summed E-state index contributed by atoms with van der Waals surface area (Å²) in [6.07, 6.45) is 51.5. The molecule has 0 spiro atoms. The van der Waals surface area contributed by atoms with Gasteiger partial charge in [0.25, 0.3) is 0 Å². The summed E-state index contributed by atoms with van der Waals surface area (Å²) >= 11 is 0. The zero-order chi connectivity index (χ0) is 71.0. The monoisotopic (exact) mass is 1410 g/mol. The van der Waals surface area contributed by atoms with Crippen molar-refractivity contribution < 1.29 is 80.2 Å². The Morgan fingerprint density at radius 2 is 0.500 bits per heavy atom. The molecule has 0 amide bonds. The third kappa shape index (κ3) is 67.9. The van der Waals surface area contributed by atoms with Gasteiger partial charge in [-0.25, -0.2) is 9.13 Å². The molecule has 19 heteroatoms. The van der Waals surface area contributed by atoms with E-state index in [1.165, 1.54) is 186 Å². The number of esters is 4. The third-order valence-electron chi connectivity index (χ3n) is 18.5. The first kappa shape index (κ1) is 94.1. The molecule has 3 N–H and O–H groups in total. The SMILES string of the molecule is CCC(C)CCCCCCCCCCCCCCCCC(=O)O[C@H](COC(=O)CCCCCCCCCC(C)C)COP(=O)(O)OCC(O)COP(=O)(O)OC[C@@H](COC(=O)CCCCCCCCCCCCCCCCCC(C)C)OC(=O)CCCCCCCCC(C)CC. The molecule has 0 fully saturated rings. The molecule has 5 unspecified atom stereocenters. The lowest BCUT2D eigenvalue weighted by Crippen LogP contribution is -2.30. The summed E-state index contributed by atoms with van der Waals surface area (Å²) in [5, 5.41) is 10.6. The number of aliphatic hydroxyl groups is 1. The number of rotatable bonds is 74. The molecule has 7 atom stereocenters. The second-order valence-corrected chi connectivity index (χ2v) is 32.1. The standard InChI is InChI=1S/C77H150O17P2/c1-9-69(7)55-47-39-31-25-21-17-14-15-19-23-27-33-43-51-59-76(81)93-72(63-88-75(80)58-50-42-34-28-30-38-46-54-68(5)6)65-91-95(83,84)89-61-71(78)62-90-96(85,86)92-66-73(94-77(82)60-52-44-36-35-40-48-56-70(8)10-2)64-87-74(79)57-49-41-32-26-22-18-13-11-12-16-20-24-29-37-45-53-67(3)4/h67-73,78H,9-66H2,1-8H3,(H,83,84)(H,85,86)/t69?,70?,71?,72-,73-/m1/s1. The Morgan fingerprint density at radius 1 is 0.292 bits per heavy atom. The highest BCUT2D eigenvalue weighted by molar-refractivity contribution is 7.47. The molecule has 0 heterocycles. The molecule has 0 aromatic rings. The van der Waals surface area contributed by atoms with Crippen molar-refractivity contribution in [2.45, 2.75) is 408 Å². The molecule has 96 heavy (non-hydrogen) atoms. The molecular weight excluding hydrogens is 1260 g/mol. The molecule has 0 aliphatic carbocycles. The first-order chi connectivity index (χ1) is 46.2. The maximum atomic E-state index is 13.1. The van der Waals surface area contributed by atoms with Gasteiger partial charge in [0.2, 0.25) is 0 Å². The fourth-order valence-corrected chi connectivity index (χ4v) is 13.2. The van der Waals surface area contributed by atoms with Crippen LogP contribution in [-0.2, 0) is 65.4 Å². The van der Waals surface area contributed by atoms with Crippen molar-refractivity contribution in [3.05, 3.63) is 0 Å². The minimum absolute atomic E-state index is 0.103. The molecular formula is C77H150O17P2. The highest BCUT2D eigenvalue weighted by Crippen LogP contribution is 2.45. The quantitative estimate of drug-likeness (QED) is 0.0222. The normalized spacial score (nSPS) is 14.7. The van der Waals surface area contributed by atoms with E-state index in [-0.39, 0.29) is 25.7 Å². The van der Waals surface area contributed by atoms with Gasteiger partial charge in [-0.1, -0.05) is 338 Å². The summed E-state index contributed by atoms with van der Waals surface area (Å²) < 4.78 is 68.5. The summed E-state index contributed by atoms with van der Waals surface area (Å²) in [5.41, 5.74) is 0. The van der Waals surface area contributed by atoms with Crippen LogP contribution in [0.2, 0.25) is 0 Å². The molecule has 0 aliphatic rings. The summed E-state index contributed by atoms with van der Waals surface area (Å²) in [4.78, 5) is 72.8. The van der Waals surface area contributed by atoms with Crippen LogP contribution < -0.4 is 0 Å². The molecule has 0 aromatic carbocycles. The Bertz CT molecular complexity index is 1890. The number of carbonyl (C=O) groups is 4. The third-order valence-corrected chi connectivity index (χ3v) is 20.4. The Kier molecular flexibility index (Phi) is 65.0. The van der Waals surface area contributed by atoms with E-state index in [9.17, 15) is 43.2 Å². The predicted molar refractivity (Wildman–Crippen MR) is 391 cm³/mol. The lowest BCUT2D eigenvalue weighted by Gasteiger charge is -2.21. The van der Waals surface area contributed by atoms with E-state index in [0.29, 0.717) is 31.6 Å². The van der Waals surface area contributed by atoms with E-state index in [1.54, 1.807) is 0 Å². The Hall–Kier alpha value is -1.94. The maximum absolute atomic E-state index is 13.1. The predicted octanol–water partition coefficient (Wildman–Crippen LogP) is 22.4. The first-order valence-electron chi connectivity index (χ1n) is 39.8. The molecule has 0 rings (SSSR count). The van der Waals surface area contributed by atoms with Crippen molar-refractivity contribution in [3.63, 3.8) is 0 Å². The van der Waals surface area contributed by atoms with Crippen molar-refractivity contribution in [1.82, 2.24) is 0 Å². The van der Waals surface area contributed by atoms with E-state index in [1.807, 2.05) is 0 Å². The topological polar surface area (TPSA) is 237 Å². The molecule has 0 bridgehead atoms. The van der Waals surface area contributed by atoms with Gasteiger partial charge in [-0.05, 0) is 49.4 Å². The van der Waals surface area contributed by atoms with Crippen LogP contribution >= 0.6 is 15.6 Å². The smallest absolute Gasteiger partial charge is 0.462 e. The number of carbonyl (C=O) groups excluding carboxylic acids is 4. The van der Waals surface area contributed by atoms with Crippen LogP contribution in [0.5, 0.6) is 0 Å². The van der Waals surface area contributed by atoms with Crippen LogP contribution in [0.4, 0.5) is 0 Å². The summed E-state index contributed by atoms with van der Waals surface area (Å²) in [6, 6.07) is 0. The van der Waals surface area contributed by atoms with Crippen LogP contribution in [0.1, 0.15) is 389 Å². The van der Waals surface area contributed by atoms with Gasteiger partial charge in [0.05, 0.1) is 26.4 Å². The van der Waals surface area contributed by atoms with Crippen molar-refractivity contribution in [2.24, 2.45) is 23.7 Å². The summed E-state index contributed by atoms with van der Waals surface area (Å²) in [7, 11) is -9.91. The van der Waals surface area contributed by atoms with Gasteiger partial charge in [-0.15, -0.1) is 0 Å². The second kappa shape index (κ2) is 66.3. The largest absolute Gasteiger partial charge is 0.472 e. The lowest BCUT2D eigenvalue weighted by atomic mass is 9.99. The first-order valence-corrected chi connectivity index (χ1v) is 42.8. The van der Waals surface area contributed by atoms with E-state index in [0.717, 1.165) is 114 Å². The maximum Gasteiger partial charge on any atom is 0.472 e. The Morgan fingerprint density at radius 3 is 0.740 bits per heavy atom. The van der Waals surface area contributed by atoms with Crippen molar-refractivity contribution >= 4 is 39.5 Å².